The summed E-state index contributed by atoms with van der Waals surface area (Å²) < 4.78 is 5.25. The third kappa shape index (κ3) is 5.73. The molecule has 1 heterocycles. The standard InChI is InChI=1S/C20H31N3O3/c1-5-22(14-20(25)23-11-15(2)10-16(3)12-23)13-19(24)21-17-8-6-7-9-18(17)26-4/h6-9,15-16H,5,10-14H2,1-4H3,(H,21,24). The first kappa shape index (κ1) is 20.2. The molecule has 1 aliphatic rings. The van der Waals surface area contributed by atoms with Crippen molar-refractivity contribution < 1.29 is 14.3 Å². The molecule has 2 rings (SSSR count). The molecule has 0 saturated carbocycles. The van der Waals surface area contributed by atoms with Crippen LogP contribution in [0.25, 0.3) is 0 Å². The van der Waals surface area contributed by atoms with Crippen molar-refractivity contribution in [2.75, 3.05) is 45.2 Å². The SMILES string of the molecule is CCN(CC(=O)Nc1ccccc1OC)CC(=O)N1CC(C)CC(C)C1. The van der Waals surface area contributed by atoms with E-state index in [1.54, 1.807) is 19.2 Å². The Kier molecular flexibility index (Phi) is 7.45. The third-order valence-corrected chi connectivity index (χ3v) is 4.78. The Morgan fingerprint density at radius 1 is 1.19 bits per heavy atom. The molecule has 0 aromatic heterocycles. The molecule has 2 unspecified atom stereocenters. The summed E-state index contributed by atoms with van der Waals surface area (Å²) in [5, 5.41) is 2.86. The highest BCUT2D eigenvalue weighted by Crippen LogP contribution is 2.23. The Balaban J connectivity index is 1.90. The second kappa shape index (κ2) is 9.57. The highest BCUT2D eigenvalue weighted by atomic mass is 16.5. The van der Waals surface area contributed by atoms with Crippen LogP contribution in [0.4, 0.5) is 5.69 Å². The van der Waals surface area contributed by atoms with Crippen LogP contribution in [0, 0.1) is 11.8 Å². The third-order valence-electron chi connectivity index (χ3n) is 4.78. The maximum atomic E-state index is 12.6. The van der Waals surface area contributed by atoms with Crippen molar-refractivity contribution >= 4 is 17.5 Å². The fourth-order valence-electron chi connectivity index (χ4n) is 3.58. The molecule has 0 spiro atoms. The minimum Gasteiger partial charge on any atom is -0.495 e. The van der Waals surface area contributed by atoms with Crippen LogP contribution in [-0.4, -0.2) is 61.4 Å². The molecule has 1 saturated heterocycles. The lowest BCUT2D eigenvalue weighted by atomic mass is 9.92. The van der Waals surface area contributed by atoms with Gasteiger partial charge in [-0.2, -0.15) is 0 Å². The number of rotatable bonds is 7. The Morgan fingerprint density at radius 2 is 1.85 bits per heavy atom. The Hall–Kier alpha value is -2.08. The zero-order chi connectivity index (χ0) is 19.1. The summed E-state index contributed by atoms with van der Waals surface area (Å²) in [5.74, 6) is 1.65. The van der Waals surface area contributed by atoms with Crippen LogP contribution in [0.2, 0.25) is 0 Å². The number of piperidine rings is 1. The van der Waals surface area contributed by atoms with Gasteiger partial charge in [-0.1, -0.05) is 32.9 Å². The zero-order valence-corrected chi connectivity index (χ0v) is 16.3. The maximum absolute atomic E-state index is 12.6. The second-order valence-corrected chi connectivity index (χ2v) is 7.30. The minimum atomic E-state index is -0.149. The largest absolute Gasteiger partial charge is 0.495 e. The zero-order valence-electron chi connectivity index (χ0n) is 16.3. The Bertz CT molecular complexity index is 610. The van der Waals surface area contributed by atoms with Crippen molar-refractivity contribution in [1.29, 1.82) is 0 Å². The smallest absolute Gasteiger partial charge is 0.238 e. The van der Waals surface area contributed by atoms with Gasteiger partial charge in [0.25, 0.3) is 0 Å². The summed E-state index contributed by atoms with van der Waals surface area (Å²) in [4.78, 5) is 28.8. The molecule has 2 atom stereocenters. The number of hydrogen-bond acceptors (Lipinski definition) is 4. The Labute approximate surface area is 156 Å². The van der Waals surface area contributed by atoms with Gasteiger partial charge in [0.1, 0.15) is 5.75 Å². The van der Waals surface area contributed by atoms with Gasteiger partial charge in [-0.15, -0.1) is 0 Å². The first-order valence-corrected chi connectivity index (χ1v) is 9.35. The van der Waals surface area contributed by atoms with Crippen LogP contribution < -0.4 is 10.1 Å². The first-order chi connectivity index (χ1) is 12.4. The van der Waals surface area contributed by atoms with E-state index in [0.29, 0.717) is 29.8 Å². The maximum Gasteiger partial charge on any atom is 0.238 e. The van der Waals surface area contributed by atoms with Crippen LogP contribution in [0.3, 0.4) is 0 Å². The van der Waals surface area contributed by atoms with Crippen molar-refractivity contribution in [2.45, 2.75) is 27.2 Å². The molecule has 1 fully saturated rings. The van der Waals surface area contributed by atoms with Gasteiger partial charge in [0.15, 0.2) is 0 Å². The van der Waals surface area contributed by atoms with Crippen molar-refractivity contribution in [3.05, 3.63) is 24.3 Å². The fourth-order valence-corrected chi connectivity index (χ4v) is 3.58. The summed E-state index contributed by atoms with van der Waals surface area (Å²) in [7, 11) is 1.57. The molecule has 0 aliphatic carbocycles. The molecule has 1 aliphatic heterocycles. The average Bonchev–Trinajstić information content (AvgIpc) is 2.60. The fraction of sp³-hybridized carbons (Fsp3) is 0.600. The number of hydrogen-bond donors (Lipinski definition) is 1. The van der Waals surface area contributed by atoms with Gasteiger partial charge < -0.3 is 15.0 Å². The van der Waals surface area contributed by atoms with Crippen LogP contribution >= 0.6 is 0 Å². The normalized spacial score (nSPS) is 20.1. The molecule has 1 N–H and O–H groups in total. The summed E-state index contributed by atoms with van der Waals surface area (Å²) >= 11 is 0. The quantitative estimate of drug-likeness (QED) is 0.810. The number of likely N-dealkylation sites (N-methyl/N-ethyl adjacent to an activating group) is 1. The lowest BCUT2D eigenvalue weighted by molar-refractivity contribution is -0.135. The average molecular weight is 361 g/mol. The van der Waals surface area contributed by atoms with Crippen LogP contribution in [0.5, 0.6) is 5.75 Å². The number of likely N-dealkylation sites (tertiary alicyclic amines) is 1. The van der Waals surface area contributed by atoms with Gasteiger partial charge in [-0.25, -0.2) is 0 Å². The molecular formula is C20H31N3O3. The number of carbonyl (C=O) groups excluding carboxylic acids is 2. The number of para-hydroxylation sites is 2. The summed E-state index contributed by atoms with van der Waals surface area (Å²) in [6.07, 6.45) is 1.17. The lowest BCUT2D eigenvalue weighted by Gasteiger charge is -2.36. The van der Waals surface area contributed by atoms with Crippen LogP contribution in [0.1, 0.15) is 27.2 Å². The number of amides is 2. The monoisotopic (exact) mass is 361 g/mol. The molecule has 1 aromatic rings. The van der Waals surface area contributed by atoms with Crippen molar-refractivity contribution in [3.8, 4) is 5.75 Å². The van der Waals surface area contributed by atoms with E-state index in [2.05, 4.69) is 19.2 Å². The molecule has 6 heteroatoms. The number of anilines is 1. The van der Waals surface area contributed by atoms with Gasteiger partial charge in [0.2, 0.25) is 11.8 Å². The minimum absolute atomic E-state index is 0.107. The molecular weight excluding hydrogens is 330 g/mol. The first-order valence-electron chi connectivity index (χ1n) is 9.35. The summed E-state index contributed by atoms with van der Waals surface area (Å²) in [5.41, 5.74) is 0.640. The second-order valence-electron chi connectivity index (χ2n) is 7.30. The molecule has 6 nitrogen and oxygen atoms in total. The van der Waals surface area contributed by atoms with E-state index in [1.165, 1.54) is 6.42 Å². The molecule has 0 bridgehead atoms. The van der Waals surface area contributed by atoms with E-state index in [1.807, 2.05) is 28.9 Å². The van der Waals surface area contributed by atoms with Crippen LogP contribution in [-0.2, 0) is 9.59 Å². The van der Waals surface area contributed by atoms with Crippen molar-refractivity contribution in [2.24, 2.45) is 11.8 Å². The van der Waals surface area contributed by atoms with Gasteiger partial charge >= 0.3 is 0 Å². The van der Waals surface area contributed by atoms with E-state index < -0.39 is 0 Å². The number of carbonyl (C=O) groups is 2. The molecule has 2 amide bonds. The lowest BCUT2D eigenvalue weighted by Crippen LogP contribution is -2.48. The van der Waals surface area contributed by atoms with Gasteiger partial charge in [-0.3, -0.25) is 14.5 Å². The summed E-state index contributed by atoms with van der Waals surface area (Å²) in [6.45, 7) is 9.06. The van der Waals surface area contributed by atoms with Crippen molar-refractivity contribution in [1.82, 2.24) is 9.80 Å². The summed E-state index contributed by atoms with van der Waals surface area (Å²) in [6, 6.07) is 7.30. The number of ether oxygens (including phenoxy) is 1. The molecule has 0 radical (unpaired) electrons. The van der Waals surface area contributed by atoms with Crippen LogP contribution in [0.15, 0.2) is 24.3 Å². The van der Waals surface area contributed by atoms with E-state index >= 15 is 0 Å². The topological polar surface area (TPSA) is 61.9 Å². The highest BCUT2D eigenvalue weighted by Gasteiger charge is 2.26. The predicted octanol–water partition coefficient (Wildman–Crippen LogP) is 2.46. The van der Waals surface area contributed by atoms with E-state index in [4.69, 9.17) is 4.74 Å². The molecule has 144 valence electrons. The molecule has 26 heavy (non-hydrogen) atoms. The van der Waals surface area contributed by atoms with Crippen molar-refractivity contribution in [3.63, 3.8) is 0 Å². The predicted molar refractivity (Wildman–Crippen MR) is 103 cm³/mol. The number of nitrogens with one attached hydrogen (secondary N) is 1. The number of benzene rings is 1. The Morgan fingerprint density at radius 3 is 2.46 bits per heavy atom. The highest BCUT2D eigenvalue weighted by molar-refractivity contribution is 5.94. The van der Waals surface area contributed by atoms with Gasteiger partial charge in [0.05, 0.1) is 25.9 Å². The number of methoxy groups -OCH3 is 1. The van der Waals surface area contributed by atoms with Gasteiger partial charge in [-0.05, 0) is 36.9 Å². The molecule has 1 aromatic carbocycles. The van der Waals surface area contributed by atoms with E-state index in [9.17, 15) is 9.59 Å². The van der Waals surface area contributed by atoms with Gasteiger partial charge in [0, 0.05) is 13.1 Å². The number of nitrogens with zero attached hydrogens (tertiary/aromatic N) is 2. The van der Waals surface area contributed by atoms with E-state index in [-0.39, 0.29) is 24.9 Å². The van der Waals surface area contributed by atoms with E-state index in [0.717, 1.165) is 13.1 Å².